The Kier molecular flexibility index (Phi) is 4.49. The summed E-state index contributed by atoms with van der Waals surface area (Å²) in [5.74, 6) is -0.415. The van der Waals surface area contributed by atoms with Crippen molar-refractivity contribution in [3.05, 3.63) is 24.0 Å². The molecule has 0 bridgehead atoms. The first-order valence-electron chi connectivity index (χ1n) is 5.81. The van der Waals surface area contributed by atoms with Gasteiger partial charge in [0.2, 0.25) is 0 Å². The molecule has 0 unspecified atom stereocenters. The molecule has 1 rings (SSSR count). The van der Waals surface area contributed by atoms with Crippen molar-refractivity contribution in [2.75, 3.05) is 12.4 Å². The van der Waals surface area contributed by atoms with Crippen molar-refractivity contribution in [3.63, 3.8) is 0 Å². The van der Waals surface area contributed by atoms with Crippen LogP contribution in [0.2, 0.25) is 0 Å². The molecule has 4 heteroatoms. The fourth-order valence-corrected chi connectivity index (χ4v) is 1.80. The lowest BCUT2D eigenvalue weighted by atomic mass is 9.98. The molecule has 0 spiro atoms. The summed E-state index contributed by atoms with van der Waals surface area (Å²) in [4.78, 5) is 15.3. The molecule has 0 aliphatic carbocycles. The van der Waals surface area contributed by atoms with Crippen molar-refractivity contribution in [2.24, 2.45) is 0 Å². The number of rotatable bonds is 5. The van der Waals surface area contributed by atoms with E-state index in [1.54, 1.807) is 12.3 Å². The van der Waals surface area contributed by atoms with Crippen LogP contribution in [0.5, 0.6) is 0 Å². The van der Waals surface area contributed by atoms with E-state index in [0.29, 0.717) is 5.69 Å². The fourth-order valence-electron chi connectivity index (χ4n) is 1.80. The van der Waals surface area contributed by atoms with Gasteiger partial charge in [-0.25, -0.2) is 9.78 Å². The van der Waals surface area contributed by atoms with Gasteiger partial charge in [-0.1, -0.05) is 13.3 Å². The number of pyridine rings is 1. The van der Waals surface area contributed by atoms with Gasteiger partial charge in [-0.05, 0) is 32.4 Å². The van der Waals surface area contributed by atoms with E-state index in [1.807, 2.05) is 6.07 Å². The summed E-state index contributed by atoms with van der Waals surface area (Å²) in [5, 5.41) is 3.39. The molecule has 0 radical (unpaired) electrons. The predicted octanol–water partition coefficient (Wildman–Crippen LogP) is 2.86. The third kappa shape index (κ3) is 4.06. The first-order chi connectivity index (χ1) is 7.98. The summed E-state index contributed by atoms with van der Waals surface area (Å²) in [5.41, 5.74) is 1.22. The van der Waals surface area contributed by atoms with Gasteiger partial charge in [-0.3, -0.25) is 0 Å². The summed E-state index contributed by atoms with van der Waals surface area (Å²) < 4.78 is 4.64. The molecule has 0 fully saturated rings. The van der Waals surface area contributed by atoms with E-state index in [9.17, 15) is 4.79 Å². The molecule has 1 heterocycles. The smallest absolute Gasteiger partial charge is 0.356 e. The number of esters is 1. The molecule has 0 saturated carbocycles. The van der Waals surface area contributed by atoms with E-state index in [4.69, 9.17) is 0 Å². The van der Waals surface area contributed by atoms with Gasteiger partial charge in [-0.15, -0.1) is 0 Å². The zero-order valence-electron chi connectivity index (χ0n) is 10.9. The molecule has 0 saturated heterocycles. The Hall–Kier alpha value is -1.58. The van der Waals surface area contributed by atoms with Crippen molar-refractivity contribution in [2.45, 2.75) is 39.2 Å². The number of nitrogens with one attached hydrogen (secondary N) is 1. The zero-order valence-corrected chi connectivity index (χ0v) is 10.9. The Morgan fingerprint density at radius 1 is 1.53 bits per heavy atom. The summed E-state index contributed by atoms with van der Waals surface area (Å²) >= 11 is 0. The topological polar surface area (TPSA) is 51.2 Å². The van der Waals surface area contributed by atoms with Crippen LogP contribution in [0.25, 0.3) is 0 Å². The van der Waals surface area contributed by atoms with Gasteiger partial charge >= 0.3 is 5.97 Å². The van der Waals surface area contributed by atoms with Gasteiger partial charge in [0.25, 0.3) is 0 Å². The first kappa shape index (κ1) is 13.5. The number of hydrogen-bond donors (Lipinski definition) is 1. The van der Waals surface area contributed by atoms with Gasteiger partial charge in [0.15, 0.2) is 0 Å². The highest BCUT2D eigenvalue weighted by atomic mass is 16.5. The summed E-state index contributed by atoms with van der Waals surface area (Å²) in [6.07, 6.45) is 3.77. The van der Waals surface area contributed by atoms with Crippen LogP contribution < -0.4 is 5.32 Å². The van der Waals surface area contributed by atoms with Crippen molar-refractivity contribution < 1.29 is 9.53 Å². The maximum absolute atomic E-state index is 11.3. The standard InChI is InChI=1S/C13H20N2O2/c1-5-7-13(2,3)15-10-6-8-14-11(9-10)12(16)17-4/h6,8-9H,5,7H2,1-4H3,(H,14,15). The number of ether oxygens (including phenoxy) is 1. The minimum atomic E-state index is -0.415. The van der Waals surface area contributed by atoms with Crippen molar-refractivity contribution in [1.29, 1.82) is 0 Å². The van der Waals surface area contributed by atoms with Crippen LogP contribution in [0.3, 0.4) is 0 Å². The number of carbonyl (C=O) groups excluding carboxylic acids is 1. The lowest BCUT2D eigenvalue weighted by Crippen LogP contribution is -2.30. The number of nitrogens with zero attached hydrogens (tertiary/aromatic N) is 1. The molecule has 0 aliphatic heterocycles. The van der Waals surface area contributed by atoms with Gasteiger partial charge < -0.3 is 10.1 Å². The molecule has 17 heavy (non-hydrogen) atoms. The van der Waals surface area contributed by atoms with E-state index in [0.717, 1.165) is 18.5 Å². The van der Waals surface area contributed by atoms with Crippen LogP contribution in [0.15, 0.2) is 18.3 Å². The molecule has 94 valence electrons. The maximum Gasteiger partial charge on any atom is 0.356 e. The van der Waals surface area contributed by atoms with Crippen LogP contribution >= 0.6 is 0 Å². The van der Waals surface area contributed by atoms with Crippen molar-refractivity contribution >= 4 is 11.7 Å². The highest BCUT2D eigenvalue weighted by Crippen LogP contribution is 2.19. The van der Waals surface area contributed by atoms with Crippen LogP contribution in [-0.2, 0) is 4.74 Å². The normalized spacial score (nSPS) is 11.1. The van der Waals surface area contributed by atoms with Gasteiger partial charge in [0.1, 0.15) is 5.69 Å². The van der Waals surface area contributed by atoms with E-state index in [1.165, 1.54) is 7.11 Å². The van der Waals surface area contributed by atoms with Crippen LogP contribution in [0.1, 0.15) is 44.1 Å². The fraction of sp³-hybridized carbons (Fsp3) is 0.538. The highest BCUT2D eigenvalue weighted by Gasteiger charge is 2.16. The lowest BCUT2D eigenvalue weighted by molar-refractivity contribution is 0.0594. The van der Waals surface area contributed by atoms with Crippen molar-refractivity contribution in [1.82, 2.24) is 4.98 Å². The van der Waals surface area contributed by atoms with Gasteiger partial charge in [-0.2, -0.15) is 0 Å². The quantitative estimate of drug-likeness (QED) is 0.799. The number of aromatic nitrogens is 1. The van der Waals surface area contributed by atoms with E-state index in [2.05, 4.69) is 35.8 Å². The molecule has 0 atom stereocenters. The summed E-state index contributed by atoms with van der Waals surface area (Å²) in [6, 6.07) is 3.56. The average Bonchev–Trinajstić information content (AvgIpc) is 2.27. The van der Waals surface area contributed by atoms with Crippen LogP contribution in [0, 0.1) is 0 Å². The largest absolute Gasteiger partial charge is 0.464 e. The predicted molar refractivity (Wildman–Crippen MR) is 68.2 cm³/mol. The number of anilines is 1. The molecule has 0 aliphatic rings. The lowest BCUT2D eigenvalue weighted by Gasteiger charge is -2.27. The van der Waals surface area contributed by atoms with Gasteiger partial charge in [0.05, 0.1) is 7.11 Å². The van der Waals surface area contributed by atoms with Crippen molar-refractivity contribution in [3.8, 4) is 0 Å². The Morgan fingerprint density at radius 3 is 2.82 bits per heavy atom. The third-order valence-corrected chi connectivity index (χ3v) is 2.51. The minimum Gasteiger partial charge on any atom is -0.464 e. The Labute approximate surface area is 102 Å². The molecular formula is C13H20N2O2. The summed E-state index contributed by atoms with van der Waals surface area (Å²) in [7, 11) is 1.35. The molecule has 0 amide bonds. The Bertz CT molecular complexity index is 389. The molecule has 4 nitrogen and oxygen atoms in total. The van der Waals surface area contributed by atoms with Gasteiger partial charge in [0, 0.05) is 17.4 Å². The summed E-state index contributed by atoms with van der Waals surface area (Å²) in [6.45, 7) is 6.42. The first-order valence-corrected chi connectivity index (χ1v) is 5.81. The van der Waals surface area contributed by atoms with E-state index in [-0.39, 0.29) is 5.54 Å². The highest BCUT2D eigenvalue weighted by molar-refractivity contribution is 5.88. The molecule has 1 N–H and O–H groups in total. The second-order valence-electron chi connectivity index (χ2n) is 4.68. The monoisotopic (exact) mass is 236 g/mol. The number of hydrogen-bond acceptors (Lipinski definition) is 4. The van der Waals surface area contributed by atoms with Crippen LogP contribution in [-0.4, -0.2) is 23.6 Å². The molecule has 1 aromatic heterocycles. The van der Waals surface area contributed by atoms with E-state index < -0.39 is 5.97 Å². The third-order valence-electron chi connectivity index (χ3n) is 2.51. The number of carbonyl (C=O) groups is 1. The Balaban J connectivity index is 2.82. The maximum atomic E-state index is 11.3. The van der Waals surface area contributed by atoms with E-state index >= 15 is 0 Å². The SMILES string of the molecule is CCCC(C)(C)Nc1ccnc(C(=O)OC)c1. The second kappa shape index (κ2) is 5.66. The van der Waals surface area contributed by atoms with Crippen LogP contribution in [0.4, 0.5) is 5.69 Å². The molecule has 0 aromatic carbocycles. The number of methoxy groups -OCH3 is 1. The molecular weight excluding hydrogens is 216 g/mol. The minimum absolute atomic E-state index is 0.00347. The Morgan fingerprint density at radius 2 is 2.24 bits per heavy atom. The zero-order chi connectivity index (χ0) is 12.9. The molecule has 1 aromatic rings. The average molecular weight is 236 g/mol. The second-order valence-corrected chi connectivity index (χ2v) is 4.68.